The van der Waals surface area contributed by atoms with Gasteiger partial charge in [-0.1, -0.05) is 120 Å². The Hall–Kier alpha value is -2.09. The van der Waals surface area contributed by atoms with Gasteiger partial charge in [-0.3, -0.25) is 0 Å². The summed E-state index contributed by atoms with van der Waals surface area (Å²) >= 11 is 1.46. The van der Waals surface area contributed by atoms with Gasteiger partial charge in [-0.05, 0) is 22.3 Å². The van der Waals surface area contributed by atoms with Crippen molar-refractivity contribution in [2.75, 3.05) is 0 Å². The zero-order chi connectivity index (χ0) is 31.9. The van der Waals surface area contributed by atoms with Gasteiger partial charge in [0.25, 0.3) is 0 Å². The molecule has 3 aliphatic carbocycles. The molecule has 0 heterocycles. The van der Waals surface area contributed by atoms with Crippen LogP contribution in [0.1, 0.15) is 64.7 Å². The van der Waals surface area contributed by atoms with Crippen molar-refractivity contribution in [1.29, 1.82) is 0 Å². The molecule has 0 aromatic heterocycles. The number of allylic oxidation sites excluding steroid dienone is 8. The summed E-state index contributed by atoms with van der Waals surface area (Å²) in [6, 6.07) is 28.1. The Morgan fingerprint density at radius 3 is 1.83 bits per heavy atom. The molecule has 0 saturated carbocycles. The molecule has 0 nitrogen and oxygen atoms in total. The quantitative estimate of drug-likeness (QED) is 0.284. The molecular weight excluding hydrogens is 695 g/mol. The molecule has 0 fully saturated rings. The van der Waals surface area contributed by atoms with E-state index < -0.39 is 8.07 Å². The minimum atomic E-state index is -1.64. The van der Waals surface area contributed by atoms with Gasteiger partial charge in [-0.15, -0.1) is 33.7 Å². The fourth-order valence-electron chi connectivity index (χ4n) is 7.34. The Kier molecular flexibility index (Phi) is 12.2. The van der Waals surface area contributed by atoms with Gasteiger partial charge in [0, 0.05) is 0 Å². The fourth-order valence-corrected chi connectivity index (χ4v) is 12.0. The first kappa shape index (κ1) is 38.4. The summed E-state index contributed by atoms with van der Waals surface area (Å²) in [4.78, 5) is 0. The standard InChI is InChI=1S/C29H37Si.C13H10.2ClH.Zr/c1-27(2,3)22-14-15-23-21(18-22)19-25-24(23)16-17-29(28(4,5)6,30(7,8)9)26(25)20-12-10-11-13-20;1-3-7-12(8-4-1)11-13-9-5-2-6-10-13;;;/h10-12,14-18H,13H2,1-9H3;1-10H;2*1H;/q-1;;;;+2/p-2. The van der Waals surface area contributed by atoms with Crippen LogP contribution in [0.3, 0.4) is 0 Å². The van der Waals surface area contributed by atoms with Gasteiger partial charge in [0.05, 0.1) is 8.07 Å². The molecule has 238 valence electrons. The third-order valence-electron chi connectivity index (χ3n) is 9.43. The Bertz CT molecular complexity index is 1770. The van der Waals surface area contributed by atoms with Gasteiger partial charge in [-0.25, -0.2) is 0 Å². The number of hydrogen-bond donors (Lipinski definition) is 0. The van der Waals surface area contributed by atoms with E-state index in [2.05, 4.69) is 177 Å². The van der Waals surface area contributed by atoms with E-state index in [9.17, 15) is 0 Å². The van der Waals surface area contributed by atoms with Gasteiger partial charge >= 0.3 is 99.2 Å². The van der Waals surface area contributed by atoms with Crippen LogP contribution in [0.2, 0.25) is 24.7 Å². The number of hydrogen-bond acceptors (Lipinski definition) is 0. The van der Waals surface area contributed by atoms with Gasteiger partial charge in [0.2, 0.25) is 0 Å². The van der Waals surface area contributed by atoms with Crippen molar-refractivity contribution in [1.82, 2.24) is 0 Å². The molecule has 1 unspecified atom stereocenters. The molecule has 0 aliphatic heterocycles. The second-order valence-electron chi connectivity index (χ2n) is 15.4. The molecule has 3 aromatic rings. The normalized spacial score (nSPS) is 18.3. The van der Waals surface area contributed by atoms with E-state index in [1.165, 1.54) is 71.3 Å². The maximum absolute atomic E-state index is 3.92. The Labute approximate surface area is 306 Å². The predicted molar refractivity (Wildman–Crippen MR) is 191 cm³/mol. The van der Waals surface area contributed by atoms with Crippen molar-refractivity contribution in [3.63, 3.8) is 0 Å². The number of halogens is 2. The molecule has 3 aliphatic rings. The minimum absolute atomic E-state index is 0. The van der Waals surface area contributed by atoms with Crippen LogP contribution in [0, 0.1) is 5.41 Å². The number of fused-ring (bicyclic) bond motifs is 2. The maximum atomic E-state index is 3.92. The first-order valence-corrected chi connectivity index (χ1v) is 20.7. The summed E-state index contributed by atoms with van der Waals surface area (Å²) in [5, 5.41) is 2.68. The van der Waals surface area contributed by atoms with Gasteiger partial charge in [0.1, 0.15) is 0 Å². The van der Waals surface area contributed by atoms with Crippen LogP contribution in [-0.2, 0) is 29.7 Å². The summed E-state index contributed by atoms with van der Waals surface area (Å²) < 4.78 is 1.42. The van der Waals surface area contributed by atoms with E-state index in [1.54, 1.807) is 5.57 Å². The fraction of sp³-hybridized carbons (Fsp3) is 0.310. The van der Waals surface area contributed by atoms with Crippen LogP contribution >= 0.6 is 0 Å². The van der Waals surface area contributed by atoms with Crippen molar-refractivity contribution in [2.45, 2.75) is 78.1 Å². The van der Waals surface area contributed by atoms with Crippen molar-refractivity contribution >= 4 is 22.9 Å². The first-order valence-electron chi connectivity index (χ1n) is 15.9. The Morgan fingerprint density at radius 2 is 1.37 bits per heavy atom. The summed E-state index contributed by atoms with van der Waals surface area (Å²) in [6.07, 6.45) is 16.9. The van der Waals surface area contributed by atoms with Gasteiger partial charge in [0.15, 0.2) is 0 Å². The van der Waals surface area contributed by atoms with Crippen molar-refractivity contribution in [3.8, 4) is 0 Å². The molecule has 0 bridgehead atoms. The molecule has 6 rings (SSSR count). The molecule has 0 saturated heterocycles. The molecule has 3 aromatic carbocycles. The van der Waals surface area contributed by atoms with Gasteiger partial charge < -0.3 is 24.8 Å². The van der Waals surface area contributed by atoms with Crippen LogP contribution in [0.15, 0.2) is 126 Å². The molecule has 1 atom stereocenters. The van der Waals surface area contributed by atoms with E-state index in [0.29, 0.717) is 0 Å². The summed E-state index contributed by atoms with van der Waals surface area (Å²) in [5.74, 6) is 0. The summed E-state index contributed by atoms with van der Waals surface area (Å²) in [5.41, 5.74) is 10.1. The third kappa shape index (κ3) is 7.32. The zero-order valence-electron chi connectivity index (χ0n) is 28.9. The van der Waals surface area contributed by atoms with Crippen LogP contribution in [0.25, 0.3) is 11.6 Å². The Morgan fingerprint density at radius 1 is 0.804 bits per heavy atom. The van der Waals surface area contributed by atoms with E-state index in [-0.39, 0.29) is 40.7 Å². The molecule has 0 amide bonds. The van der Waals surface area contributed by atoms with Crippen molar-refractivity contribution in [2.24, 2.45) is 5.41 Å². The monoisotopic (exact) mass is 739 g/mol. The molecule has 0 N–H and O–H groups in total. The SMILES string of the molecule is CC(C)(C)c1ccc2c(c1)=[C-]C1=C(C3=CC=CC3)C(C(C)(C)C)([Si](C)(C)C)C=CC=21.[Cl-].[Cl-].[Zr+2]=[C](c1ccccc1)c1ccccc1. The van der Waals surface area contributed by atoms with Crippen LogP contribution in [0.4, 0.5) is 0 Å². The first-order chi connectivity index (χ1) is 20.6. The summed E-state index contributed by atoms with van der Waals surface area (Å²) in [6.45, 7) is 21.8. The molecule has 4 heteroatoms. The number of benzene rings is 3. The van der Waals surface area contributed by atoms with Gasteiger partial charge in [-0.2, -0.15) is 0 Å². The topological polar surface area (TPSA) is 0 Å². The summed E-state index contributed by atoms with van der Waals surface area (Å²) in [7, 11) is -1.64. The van der Waals surface area contributed by atoms with Crippen molar-refractivity contribution in [3.05, 3.63) is 153 Å². The predicted octanol–water partition coefficient (Wildman–Crippen LogP) is 3.49. The average Bonchev–Trinajstić information content (AvgIpc) is 3.64. The number of rotatable bonds is 4. The van der Waals surface area contributed by atoms with E-state index in [4.69, 9.17) is 0 Å². The average molecular weight is 742 g/mol. The van der Waals surface area contributed by atoms with Crippen LogP contribution in [-0.4, -0.2) is 11.3 Å². The second-order valence-corrected chi connectivity index (χ2v) is 21.9. The molecule has 0 spiro atoms. The van der Waals surface area contributed by atoms with E-state index in [0.717, 1.165) is 6.42 Å². The molecule has 0 radical (unpaired) electrons. The molecular formula is C42H47Cl2SiZr-. The van der Waals surface area contributed by atoms with E-state index in [1.807, 2.05) is 0 Å². The van der Waals surface area contributed by atoms with E-state index >= 15 is 0 Å². The van der Waals surface area contributed by atoms with Crippen LogP contribution in [0.5, 0.6) is 0 Å². The third-order valence-corrected chi connectivity index (χ3v) is 14.4. The van der Waals surface area contributed by atoms with Crippen molar-refractivity contribution < 1.29 is 49.0 Å². The molecule has 46 heavy (non-hydrogen) atoms. The zero-order valence-corrected chi connectivity index (χ0v) is 33.8. The second kappa shape index (κ2) is 14.6. The Balaban J connectivity index is 0.000000304. The van der Waals surface area contributed by atoms with Crippen LogP contribution < -0.4 is 35.3 Å².